The molecule has 0 heterocycles. The molecular weight excluding hydrogens is 204 g/mol. The maximum atomic E-state index is 12.0. The Morgan fingerprint density at radius 3 is 2.38 bits per heavy atom. The van der Waals surface area contributed by atoms with Crippen molar-refractivity contribution in [2.45, 2.75) is 19.8 Å². The summed E-state index contributed by atoms with van der Waals surface area (Å²) in [6.45, 7) is 1.90. The van der Waals surface area contributed by atoms with E-state index in [0.29, 0.717) is 12.0 Å². The molecule has 3 heteroatoms. The molecule has 1 rings (SSSR count). The highest BCUT2D eigenvalue weighted by Crippen LogP contribution is 2.16. The lowest BCUT2D eigenvalue weighted by atomic mass is 9.92. The largest absolute Gasteiger partial charge is 0.469 e. The fraction of sp³-hybridized carbons (Fsp3) is 0.385. The summed E-state index contributed by atoms with van der Waals surface area (Å²) < 4.78 is 4.58. The standard InChI is InChI=1S/C13H16O3/c1-3-10(9-12(14)16-2)13(15)11-7-5-4-6-8-11/h4-8,10H,3,9H2,1-2H3. The van der Waals surface area contributed by atoms with Crippen molar-refractivity contribution >= 4 is 11.8 Å². The van der Waals surface area contributed by atoms with Crippen molar-refractivity contribution in [2.75, 3.05) is 7.11 Å². The number of esters is 1. The van der Waals surface area contributed by atoms with E-state index in [0.717, 1.165) is 0 Å². The number of Topliss-reactive ketones (excluding diaryl/α,β-unsaturated/α-hetero) is 1. The molecule has 0 radical (unpaired) electrons. The number of carbonyl (C=O) groups is 2. The van der Waals surface area contributed by atoms with E-state index in [9.17, 15) is 9.59 Å². The average Bonchev–Trinajstić information content (AvgIpc) is 2.35. The van der Waals surface area contributed by atoms with Crippen LogP contribution in [0.4, 0.5) is 0 Å². The summed E-state index contributed by atoms with van der Waals surface area (Å²) in [5.74, 6) is -0.612. The Balaban J connectivity index is 2.74. The zero-order chi connectivity index (χ0) is 12.0. The Hall–Kier alpha value is -1.64. The molecule has 1 atom stereocenters. The van der Waals surface area contributed by atoms with E-state index in [1.807, 2.05) is 25.1 Å². The number of methoxy groups -OCH3 is 1. The van der Waals surface area contributed by atoms with E-state index in [2.05, 4.69) is 4.74 Å². The van der Waals surface area contributed by atoms with Crippen LogP contribution in [0, 0.1) is 5.92 Å². The van der Waals surface area contributed by atoms with Gasteiger partial charge in [-0.1, -0.05) is 37.3 Å². The maximum Gasteiger partial charge on any atom is 0.306 e. The van der Waals surface area contributed by atoms with Gasteiger partial charge in [-0.3, -0.25) is 9.59 Å². The second-order valence-electron chi connectivity index (χ2n) is 3.62. The minimum atomic E-state index is -0.337. The van der Waals surface area contributed by atoms with Gasteiger partial charge in [0, 0.05) is 11.5 Å². The van der Waals surface area contributed by atoms with E-state index in [1.54, 1.807) is 12.1 Å². The topological polar surface area (TPSA) is 43.4 Å². The maximum absolute atomic E-state index is 12.0. The van der Waals surface area contributed by atoms with Gasteiger partial charge < -0.3 is 4.74 Å². The lowest BCUT2D eigenvalue weighted by Crippen LogP contribution is -2.18. The lowest BCUT2D eigenvalue weighted by molar-refractivity contribution is -0.141. The van der Waals surface area contributed by atoms with Crippen molar-refractivity contribution in [1.29, 1.82) is 0 Å². The quantitative estimate of drug-likeness (QED) is 0.565. The van der Waals surface area contributed by atoms with Gasteiger partial charge in [-0.15, -0.1) is 0 Å². The zero-order valence-corrected chi connectivity index (χ0v) is 9.60. The molecule has 0 saturated carbocycles. The van der Waals surface area contributed by atoms with Crippen LogP contribution in [0.15, 0.2) is 30.3 Å². The lowest BCUT2D eigenvalue weighted by Gasteiger charge is -2.12. The van der Waals surface area contributed by atoms with Crippen molar-refractivity contribution in [3.05, 3.63) is 35.9 Å². The van der Waals surface area contributed by atoms with Crippen molar-refractivity contribution in [2.24, 2.45) is 5.92 Å². The number of hydrogen-bond acceptors (Lipinski definition) is 3. The number of ketones is 1. The molecule has 0 N–H and O–H groups in total. The number of ether oxygens (including phenoxy) is 1. The summed E-state index contributed by atoms with van der Waals surface area (Å²) in [6, 6.07) is 9.03. The van der Waals surface area contributed by atoms with E-state index in [4.69, 9.17) is 0 Å². The molecule has 0 aliphatic carbocycles. The molecule has 0 saturated heterocycles. The van der Waals surface area contributed by atoms with Gasteiger partial charge >= 0.3 is 5.97 Å². The molecule has 0 aliphatic heterocycles. The molecule has 0 amide bonds. The number of benzene rings is 1. The van der Waals surface area contributed by atoms with Crippen molar-refractivity contribution in [3.63, 3.8) is 0 Å². The number of hydrogen-bond donors (Lipinski definition) is 0. The van der Waals surface area contributed by atoms with Crippen LogP contribution < -0.4 is 0 Å². The van der Waals surface area contributed by atoms with E-state index < -0.39 is 0 Å². The molecule has 16 heavy (non-hydrogen) atoms. The first-order valence-electron chi connectivity index (χ1n) is 5.35. The highest BCUT2D eigenvalue weighted by molar-refractivity contribution is 5.99. The third kappa shape index (κ3) is 3.19. The van der Waals surface area contributed by atoms with Crippen molar-refractivity contribution in [3.8, 4) is 0 Å². The van der Waals surface area contributed by atoms with Crippen molar-refractivity contribution in [1.82, 2.24) is 0 Å². The fourth-order valence-electron chi connectivity index (χ4n) is 1.55. The van der Waals surface area contributed by atoms with Crippen LogP contribution in [0.5, 0.6) is 0 Å². The molecule has 0 fully saturated rings. The molecule has 86 valence electrons. The van der Waals surface area contributed by atoms with Gasteiger partial charge in [0.05, 0.1) is 13.5 Å². The van der Waals surface area contributed by atoms with Gasteiger partial charge in [-0.25, -0.2) is 0 Å². The summed E-state index contributed by atoms with van der Waals surface area (Å²) >= 11 is 0. The van der Waals surface area contributed by atoms with Crippen LogP contribution in [-0.4, -0.2) is 18.9 Å². The molecule has 3 nitrogen and oxygen atoms in total. The monoisotopic (exact) mass is 220 g/mol. The minimum Gasteiger partial charge on any atom is -0.469 e. The van der Waals surface area contributed by atoms with Crippen LogP contribution in [-0.2, 0) is 9.53 Å². The minimum absolute atomic E-state index is 0.00787. The predicted octanol–water partition coefficient (Wildman–Crippen LogP) is 2.46. The summed E-state index contributed by atoms with van der Waals surface area (Å²) in [5.41, 5.74) is 0.651. The molecule has 0 aliphatic rings. The van der Waals surface area contributed by atoms with E-state index in [-0.39, 0.29) is 24.1 Å². The van der Waals surface area contributed by atoms with Crippen LogP contribution in [0.1, 0.15) is 30.1 Å². The predicted molar refractivity (Wildman–Crippen MR) is 61.2 cm³/mol. The molecule has 0 aromatic heterocycles. The Morgan fingerprint density at radius 1 is 1.25 bits per heavy atom. The van der Waals surface area contributed by atoms with Crippen LogP contribution in [0.2, 0.25) is 0 Å². The third-order valence-corrected chi connectivity index (χ3v) is 2.56. The third-order valence-electron chi connectivity index (χ3n) is 2.56. The fourth-order valence-corrected chi connectivity index (χ4v) is 1.55. The van der Waals surface area contributed by atoms with Crippen LogP contribution in [0.25, 0.3) is 0 Å². The van der Waals surface area contributed by atoms with Gasteiger partial charge in [0.25, 0.3) is 0 Å². The first kappa shape index (κ1) is 12.4. The molecule has 1 aromatic carbocycles. The Morgan fingerprint density at radius 2 is 1.88 bits per heavy atom. The Bertz CT molecular complexity index is 357. The van der Waals surface area contributed by atoms with Crippen LogP contribution >= 0.6 is 0 Å². The highest BCUT2D eigenvalue weighted by atomic mass is 16.5. The van der Waals surface area contributed by atoms with Crippen LogP contribution in [0.3, 0.4) is 0 Å². The normalized spacial score (nSPS) is 11.9. The van der Waals surface area contributed by atoms with Crippen molar-refractivity contribution < 1.29 is 14.3 Å². The first-order valence-corrected chi connectivity index (χ1v) is 5.35. The molecular formula is C13H16O3. The van der Waals surface area contributed by atoms with Gasteiger partial charge in [0.1, 0.15) is 0 Å². The number of carbonyl (C=O) groups excluding carboxylic acids is 2. The smallest absolute Gasteiger partial charge is 0.306 e. The van der Waals surface area contributed by atoms with Gasteiger partial charge in [0.2, 0.25) is 0 Å². The van der Waals surface area contributed by atoms with Gasteiger partial charge in [0.15, 0.2) is 5.78 Å². The van der Waals surface area contributed by atoms with E-state index >= 15 is 0 Å². The van der Waals surface area contributed by atoms with Gasteiger partial charge in [-0.05, 0) is 6.42 Å². The molecule has 0 bridgehead atoms. The summed E-state index contributed by atoms with van der Waals surface area (Å²) in [4.78, 5) is 23.2. The summed E-state index contributed by atoms with van der Waals surface area (Å²) in [7, 11) is 1.34. The Kier molecular flexibility index (Phi) is 4.70. The summed E-state index contributed by atoms with van der Waals surface area (Å²) in [5, 5.41) is 0. The first-order chi connectivity index (χ1) is 7.69. The van der Waals surface area contributed by atoms with E-state index in [1.165, 1.54) is 7.11 Å². The second-order valence-corrected chi connectivity index (χ2v) is 3.62. The summed E-state index contributed by atoms with van der Waals surface area (Å²) in [6.07, 6.45) is 0.795. The molecule has 1 aromatic rings. The average molecular weight is 220 g/mol. The Labute approximate surface area is 95.4 Å². The SMILES string of the molecule is CCC(CC(=O)OC)C(=O)c1ccccc1. The molecule has 1 unspecified atom stereocenters. The molecule has 0 spiro atoms. The highest BCUT2D eigenvalue weighted by Gasteiger charge is 2.21. The zero-order valence-electron chi connectivity index (χ0n) is 9.60. The van der Waals surface area contributed by atoms with Gasteiger partial charge in [-0.2, -0.15) is 0 Å². The second kappa shape index (κ2) is 6.05. The number of rotatable bonds is 5.